The van der Waals surface area contributed by atoms with Crippen LogP contribution in [0.2, 0.25) is 0 Å². The Morgan fingerprint density at radius 2 is 1.80 bits per heavy atom. The van der Waals surface area contributed by atoms with Gasteiger partial charge >= 0.3 is 7.67 Å². The highest BCUT2D eigenvalue weighted by molar-refractivity contribution is 7.53. The van der Waals surface area contributed by atoms with Gasteiger partial charge in [0.05, 0.1) is 0 Å². The van der Waals surface area contributed by atoms with Crippen LogP contribution in [-0.2, 0) is 9.09 Å². The molecule has 4 nitrogen and oxygen atoms in total. The second-order valence-electron chi connectivity index (χ2n) is 1.53. The average molecular weight is 227 g/mol. The zero-order chi connectivity index (χ0) is 8.41. The maximum atomic E-state index is 10.4. The Hall–Kier alpha value is 0.980. The molecule has 0 unspecified atom stereocenters. The summed E-state index contributed by atoms with van der Waals surface area (Å²) < 4.78 is 13.1. The summed E-state index contributed by atoms with van der Waals surface area (Å²) in [5.41, 5.74) is 9.56. The van der Waals surface area contributed by atoms with Gasteiger partial charge in [0, 0.05) is 0 Å². The number of hydrogen-bond donors (Lipinski definition) is 2. The molecule has 0 spiro atoms. The summed E-state index contributed by atoms with van der Waals surface area (Å²) in [6.45, 7) is -0.387. The number of halogens is 3. The van der Waals surface area contributed by atoms with Gasteiger partial charge in [0.1, 0.15) is 6.61 Å². The Morgan fingerprint density at radius 1 is 1.40 bits per heavy atom. The highest BCUT2D eigenvalue weighted by Gasteiger charge is 2.23. The Bertz CT molecular complexity index is 151. The van der Waals surface area contributed by atoms with Gasteiger partial charge in [-0.1, -0.05) is 34.8 Å². The molecule has 0 heterocycles. The van der Waals surface area contributed by atoms with Crippen LogP contribution >= 0.6 is 42.5 Å². The van der Waals surface area contributed by atoms with Crippen molar-refractivity contribution in [3.63, 3.8) is 0 Å². The van der Waals surface area contributed by atoms with E-state index in [2.05, 4.69) is 4.52 Å². The molecule has 4 N–H and O–H groups in total. The monoisotopic (exact) mass is 226 g/mol. The van der Waals surface area contributed by atoms with Crippen LogP contribution < -0.4 is 11.0 Å². The number of hydrogen-bond acceptors (Lipinski definition) is 2. The Labute approximate surface area is 73.3 Å². The number of rotatable bonds is 2. The molecule has 0 atom stereocenters. The van der Waals surface area contributed by atoms with E-state index < -0.39 is 11.5 Å². The van der Waals surface area contributed by atoms with Crippen molar-refractivity contribution in [3.8, 4) is 0 Å². The van der Waals surface area contributed by atoms with E-state index in [0.717, 1.165) is 0 Å². The molecule has 0 saturated carbocycles. The summed E-state index contributed by atoms with van der Waals surface area (Å²) in [6, 6.07) is 0. The Morgan fingerprint density at radius 3 is 1.90 bits per heavy atom. The van der Waals surface area contributed by atoms with Gasteiger partial charge in [0.2, 0.25) is 3.79 Å². The van der Waals surface area contributed by atoms with Crippen molar-refractivity contribution in [1.82, 2.24) is 0 Å². The maximum Gasteiger partial charge on any atom is 0.335 e. The van der Waals surface area contributed by atoms with E-state index in [0.29, 0.717) is 0 Å². The van der Waals surface area contributed by atoms with E-state index >= 15 is 0 Å². The lowest BCUT2D eigenvalue weighted by Gasteiger charge is -2.12. The average Bonchev–Trinajstić information content (AvgIpc) is 1.57. The molecule has 0 aliphatic heterocycles. The molecule has 0 aliphatic rings. The molecule has 0 aliphatic carbocycles. The molecule has 0 amide bonds. The largest absolute Gasteiger partial charge is 0.335 e. The molecule has 0 bridgehead atoms. The van der Waals surface area contributed by atoms with Crippen molar-refractivity contribution >= 4 is 42.5 Å². The molecule has 0 aromatic rings. The minimum atomic E-state index is -3.52. The molecule has 0 radical (unpaired) electrons. The van der Waals surface area contributed by atoms with Gasteiger partial charge in [-0.3, -0.25) is 4.57 Å². The first-order valence-electron chi connectivity index (χ1n) is 2.09. The maximum absolute atomic E-state index is 10.4. The summed E-state index contributed by atoms with van der Waals surface area (Å²) in [6.07, 6.45) is 0. The van der Waals surface area contributed by atoms with Gasteiger partial charge in [-0.15, -0.1) is 0 Å². The van der Waals surface area contributed by atoms with Crippen LogP contribution in [0.25, 0.3) is 0 Å². The van der Waals surface area contributed by atoms with Gasteiger partial charge in [-0.25, -0.2) is 11.0 Å². The number of nitrogens with two attached hydrogens (primary N) is 2. The topological polar surface area (TPSA) is 78.3 Å². The summed E-state index contributed by atoms with van der Waals surface area (Å²) in [5, 5.41) is 0. The molecule has 10 heavy (non-hydrogen) atoms. The lowest BCUT2D eigenvalue weighted by atomic mass is 10.9. The molecule has 0 aromatic carbocycles. The van der Waals surface area contributed by atoms with Crippen LogP contribution in [-0.4, -0.2) is 10.4 Å². The van der Waals surface area contributed by atoms with E-state index in [1.54, 1.807) is 0 Å². The minimum absolute atomic E-state index is 0.387. The van der Waals surface area contributed by atoms with Crippen LogP contribution in [0.15, 0.2) is 0 Å². The van der Waals surface area contributed by atoms with Crippen LogP contribution in [0, 0.1) is 0 Å². The van der Waals surface area contributed by atoms with Crippen molar-refractivity contribution in [2.45, 2.75) is 3.79 Å². The predicted molar refractivity (Wildman–Crippen MR) is 42.2 cm³/mol. The van der Waals surface area contributed by atoms with E-state index in [-0.39, 0.29) is 6.61 Å². The van der Waals surface area contributed by atoms with Crippen LogP contribution in [0.1, 0.15) is 0 Å². The fourth-order valence-electron chi connectivity index (χ4n) is 0.174. The standard InChI is InChI=1S/C2H6Cl3N2O2P/c3-2(4,5)1-9-10(6,7)8/h1H2,(H4,6,7,8). The van der Waals surface area contributed by atoms with Crippen molar-refractivity contribution in [2.75, 3.05) is 6.61 Å². The van der Waals surface area contributed by atoms with Gasteiger partial charge in [0.15, 0.2) is 0 Å². The van der Waals surface area contributed by atoms with Gasteiger partial charge in [-0.05, 0) is 0 Å². The highest BCUT2D eigenvalue weighted by atomic mass is 35.6. The summed E-state index contributed by atoms with van der Waals surface area (Å²) in [4.78, 5) is 0. The predicted octanol–water partition coefficient (Wildman–Crippen LogP) is 1.40. The second kappa shape index (κ2) is 3.59. The normalized spacial score (nSPS) is 13.7. The zero-order valence-electron chi connectivity index (χ0n) is 4.76. The SMILES string of the molecule is NP(N)(=O)OCC(Cl)(Cl)Cl. The van der Waals surface area contributed by atoms with E-state index in [1.807, 2.05) is 0 Å². The smallest absolute Gasteiger partial charge is 0.302 e. The van der Waals surface area contributed by atoms with Gasteiger partial charge in [-0.2, -0.15) is 0 Å². The fraction of sp³-hybridized carbons (Fsp3) is 1.00. The summed E-state index contributed by atoms with van der Waals surface area (Å²) in [5.74, 6) is 0. The summed E-state index contributed by atoms with van der Waals surface area (Å²) in [7, 11) is -3.52. The molecule has 0 aromatic heterocycles. The van der Waals surface area contributed by atoms with Crippen LogP contribution in [0.3, 0.4) is 0 Å². The molecular formula is C2H6Cl3N2O2P. The van der Waals surface area contributed by atoms with Crippen LogP contribution in [0.5, 0.6) is 0 Å². The minimum Gasteiger partial charge on any atom is -0.302 e. The van der Waals surface area contributed by atoms with Crippen molar-refractivity contribution in [1.29, 1.82) is 0 Å². The van der Waals surface area contributed by atoms with Crippen molar-refractivity contribution < 1.29 is 9.09 Å². The second-order valence-corrected chi connectivity index (χ2v) is 5.60. The third kappa shape index (κ3) is 8.98. The third-order valence-electron chi connectivity index (χ3n) is 0.430. The molecule has 62 valence electrons. The molecular weight excluding hydrogens is 221 g/mol. The van der Waals surface area contributed by atoms with Crippen LogP contribution in [0.4, 0.5) is 0 Å². The zero-order valence-corrected chi connectivity index (χ0v) is 7.92. The molecule has 0 saturated heterocycles. The van der Waals surface area contributed by atoms with E-state index in [9.17, 15) is 4.57 Å². The Balaban J connectivity index is 3.67. The van der Waals surface area contributed by atoms with Crippen molar-refractivity contribution in [2.24, 2.45) is 11.0 Å². The third-order valence-corrected chi connectivity index (χ3v) is 1.29. The molecule has 8 heteroatoms. The first-order chi connectivity index (χ1) is 4.21. The fourth-order valence-corrected chi connectivity index (χ4v) is 0.961. The first kappa shape index (κ1) is 11.0. The first-order valence-corrected chi connectivity index (χ1v) is 4.99. The molecule has 0 rings (SSSR count). The lowest BCUT2D eigenvalue weighted by Crippen LogP contribution is -2.17. The summed E-state index contributed by atoms with van der Waals surface area (Å²) >= 11 is 15.6. The lowest BCUT2D eigenvalue weighted by molar-refractivity contribution is 0.321. The Kier molecular flexibility index (Phi) is 3.94. The van der Waals surface area contributed by atoms with Gasteiger partial charge in [0.25, 0.3) is 0 Å². The quantitative estimate of drug-likeness (QED) is 0.552. The van der Waals surface area contributed by atoms with Gasteiger partial charge < -0.3 is 4.52 Å². The van der Waals surface area contributed by atoms with E-state index in [4.69, 9.17) is 45.8 Å². The molecule has 0 fully saturated rings. The highest BCUT2D eigenvalue weighted by Crippen LogP contribution is 2.33. The number of alkyl halides is 3. The van der Waals surface area contributed by atoms with E-state index in [1.165, 1.54) is 0 Å². The van der Waals surface area contributed by atoms with Crippen molar-refractivity contribution in [3.05, 3.63) is 0 Å².